The maximum Gasteiger partial charge on any atom is 0.243 e. The topological polar surface area (TPSA) is 66.5 Å². The highest BCUT2D eigenvalue weighted by molar-refractivity contribution is 7.97. The Balaban J connectivity index is 1.66. The molecule has 8 heteroatoms. The monoisotopic (exact) mass is 438 g/mol. The predicted octanol–water partition coefficient (Wildman–Crippen LogP) is 4.24. The molecule has 1 aliphatic rings. The Bertz CT molecular complexity index is 915. The van der Waals surface area contributed by atoms with Crippen LogP contribution in [-0.4, -0.2) is 38.0 Å². The van der Waals surface area contributed by atoms with E-state index in [1.165, 1.54) is 22.0 Å². The molecule has 1 atom stereocenters. The molecule has 3 rings (SSSR count). The molecule has 1 heterocycles. The number of rotatable bonds is 6. The largest absolute Gasteiger partial charge is 0.326 e. The third-order valence-corrected chi connectivity index (χ3v) is 7.49. The summed E-state index contributed by atoms with van der Waals surface area (Å²) in [6.07, 6.45) is 3.36. The van der Waals surface area contributed by atoms with Gasteiger partial charge in [0.2, 0.25) is 15.9 Å². The van der Waals surface area contributed by atoms with Gasteiger partial charge in [-0.1, -0.05) is 23.7 Å². The van der Waals surface area contributed by atoms with Crippen molar-refractivity contribution >= 4 is 45.0 Å². The molecule has 1 N–H and O–H groups in total. The van der Waals surface area contributed by atoms with Crippen LogP contribution in [0, 0.1) is 5.92 Å². The summed E-state index contributed by atoms with van der Waals surface area (Å²) in [5, 5.41) is 3.40. The molecule has 1 fully saturated rings. The lowest BCUT2D eigenvalue weighted by molar-refractivity contribution is -0.120. The Morgan fingerprint density at radius 3 is 2.50 bits per heavy atom. The van der Waals surface area contributed by atoms with Crippen molar-refractivity contribution in [3.63, 3.8) is 0 Å². The van der Waals surface area contributed by atoms with Gasteiger partial charge in [0.1, 0.15) is 0 Å². The third kappa shape index (κ3) is 5.08. The Hall–Kier alpha value is -1.54. The van der Waals surface area contributed by atoms with Gasteiger partial charge >= 0.3 is 0 Å². The first kappa shape index (κ1) is 21.2. The maximum absolute atomic E-state index is 12.9. The predicted molar refractivity (Wildman–Crippen MR) is 115 cm³/mol. The molecule has 2 aromatic carbocycles. The number of sulfonamides is 1. The van der Waals surface area contributed by atoms with E-state index in [1.807, 2.05) is 30.5 Å². The summed E-state index contributed by atoms with van der Waals surface area (Å²) in [4.78, 5) is 12.9. The molecular formula is C20H23ClN2O3S2. The van der Waals surface area contributed by atoms with Gasteiger partial charge in [-0.05, 0) is 61.1 Å². The Kier molecular flexibility index (Phi) is 7.04. The molecule has 5 nitrogen and oxygen atoms in total. The smallest absolute Gasteiger partial charge is 0.243 e. The number of nitrogens with zero attached hydrogens (tertiary/aromatic N) is 1. The molecule has 0 aromatic heterocycles. The van der Waals surface area contributed by atoms with Crippen LogP contribution in [0.5, 0.6) is 0 Å². The second kappa shape index (κ2) is 9.31. The number of hydrogen-bond donors (Lipinski definition) is 1. The normalized spacial score (nSPS) is 18.0. The number of carbonyl (C=O) groups excluding carboxylic acids is 1. The van der Waals surface area contributed by atoms with Crippen LogP contribution >= 0.6 is 23.4 Å². The van der Waals surface area contributed by atoms with Crippen LogP contribution in [0.3, 0.4) is 0 Å². The van der Waals surface area contributed by atoms with E-state index in [0.717, 1.165) is 11.4 Å². The number of hydrogen-bond acceptors (Lipinski definition) is 4. The number of carbonyl (C=O) groups is 1. The van der Waals surface area contributed by atoms with Crippen molar-refractivity contribution in [3.05, 3.63) is 59.1 Å². The highest BCUT2D eigenvalue weighted by Crippen LogP contribution is 2.26. The summed E-state index contributed by atoms with van der Waals surface area (Å²) in [6, 6.07) is 13.9. The lowest BCUT2D eigenvalue weighted by atomic mass is 9.98. The zero-order chi connectivity index (χ0) is 20.1. The molecular weight excluding hydrogens is 416 g/mol. The SMILES string of the molecule is CSCc1ccc(NC(=O)C2CCCN(S(=O)(=O)c3ccc(Cl)cc3)C2)cc1. The van der Waals surface area contributed by atoms with Crippen molar-refractivity contribution in [2.45, 2.75) is 23.5 Å². The molecule has 0 spiro atoms. The van der Waals surface area contributed by atoms with Crippen LogP contribution in [0.25, 0.3) is 0 Å². The first-order chi connectivity index (χ1) is 13.4. The van der Waals surface area contributed by atoms with Crippen LogP contribution in [0.4, 0.5) is 5.69 Å². The van der Waals surface area contributed by atoms with E-state index in [-0.39, 0.29) is 23.3 Å². The van der Waals surface area contributed by atoms with Crippen LogP contribution in [0.15, 0.2) is 53.4 Å². The fraction of sp³-hybridized carbons (Fsp3) is 0.350. The summed E-state index contributed by atoms with van der Waals surface area (Å²) in [5.74, 6) is 0.407. The number of nitrogens with one attached hydrogen (secondary N) is 1. The lowest BCUT2D eigenvalue weighted by Crippen LogP contribution is -2.43. The number of benzene rings is 2. The van der Waals surface area contributed by atoms with Crippen LogP contribution in [-0.2, 0) is 20.6 Å². The van der Waals surface area contributed by atoms with E-state index in [4.69, 9.17) is 11.6 Å². The summed E-state index contributed by atoms with van der Waals surface area (Å²) in [5.41, 5.74) is 1.93. The van der Waals surface area contributed by atoms with Crippen LogP contribution in [0.2, 0.25) is 5.02 Å². The van der Waals surface area contributed by atoms with Gasteiger partial charge < -0.3 is 5.32 Å². The van der Waals surface area contributed by atoms with Crippen molar-refractivity contribution in [1.82, 2.24) is 4.31 Å². The van der Waals surface area contributed by atoms with E-state index in [9.17, 15) is 13.2 Å². The average Bonchev–Trinajstić information content (AvgIpc) is 2.70. The van der Waals surface area contributed by atoms with Crippen molar-refractivity contribution in [2.75, 3.05) is 24.7 Å². The van der Waals surface area contributed by atoms with Gasteiger partial charge in [0, 0.05) is 29.6 Å². The summed E-state index contributed by atoms with van der Waals surface area (Å²) >= 11 is 7.60. The molecule has 1 aliphatic heterocycles. The molecule has 2 aromatic rings. The van der Waals surface area contributed by atoms with E-state index in [0.29, 0.717) is 24.4 Å². The van der Waals surface area contributed by atoms with Crippen molar-refractivity contribution in [1.29, 1.82) is 0 Å². The van der Waals surface area contributed by atoms with Gasteiger partial charge in [-0.3, -0.25) is 4.79 Å². The van der Waals surface area contributed by atoms with Crippen molar-refractivity contribution in [3.8, 4) is 0 Å². The zero-order valence-electron chi connectivity index (χ0n) is 15.6. The van der Waals surface area contributed by atoms with Gasteiger partial charge in [-0.2, -0.15) is 16.1 Å². The number of amides is 1. The Morgan fingerprint density at radius 2 is 1.86 bits per heavy atom. The molecule has 0 bridgehead atoms. The number of piperidine rings is 1. The first-order valence-corrected chi connectivity index (χ1v) is 12.3. The van der Waals surface area contributed by atoms with E-state index < -0.39 is 10.0 Å². The second-order valence-electron chi connectivity index (χ2n) is 6.78. The van der Waals surface area contributed by atoms with Crippen molar-refractivity contribution in [2.24, 2.45) is 5.92 Å². The minimum Gasteiger partial charge on any atom is -0.326 e. The molecule has 0 radical (unpaired) electrons. The summed E-state index contributed by atoms with van der Waals surface area (Å²) in [7, 11) is -3.64. The van der Waals surface area contributed by atoms with Gasteiger partial charge in [-0.25, -0.2) is 8.42 Å². The van der Waals surface area contributed by atoms with Crippen LogP contribution < -0.4 is 5.32 Å². The fourth-order valence-electron chi connectivity index (χ4n) is 3.23. The standard InChI is InChI=1S/C20H23ClN2O3S2/c1-27-14-15-4-8-18(9-5-15)22-20(24)16-3-2-12-23(13-16)28(25,26)19-10-6-17(21)7-11-19/h4-11,16H,2-3,12-14H2,1H3,(H,22,24). The minimum atomic E-state index is -3.64. The third-order valence-electron chi connectivity index (χ3n) is 4.74. The highest BCUT2D eigenvalue weighted by atomic mass is 35.5. The maximum atomic E-state index is 12.9. The summed E-state index contributed by atoms with van der Waals surface area (Å²) in [6.45, 7) is 0.597. The van der Waals surface area contributed by atoms with Gasteiger partial charge in [0.05, 0.1) is 10.8 Å². The quantitative estimate of drug-likeness (QED) is 0.732. The summed E-state index contributed by atoms with van der Waals surface area (Å²) < 4.78 is 27.1. The molecule has 150 valence electrons. The second-order valence-corrected chi connectivity index (χ2v) is 10.0. The first-order valence-electron chi connectivity index (χ1n) is 9.04. The van der Waals surface area contributed by atoms with Gasteiger partial charge in [0.15, 0.2) is 0 Å². The Labute approximate surface area is 175 Å². The molecule has 0 saturated carbocycles. The number of anilines is 1. The highest BCUT2D eigenvalue weighted by Gasteiger charge is 2.33. The van der Waals surface area contributed by atoms with Crippen LogP contribution in [0.1, 0.15) is 18.4 Å². The number of thioether (sulfide) groups is 1. The fourth-order valence-corrected chi connectivity index (χ4v) is 5.40. The molecule has 0 aliphatic carbocycles. The van der Waals surface area contributed by atoms with E-state index in [2.05, 4.69) is 5.32 Å². The zero-order valence-corrected chi connectivity index (χ0v) is 18.0. The number of halogens is 1. The average molecular weight is 439 g/mol. The van der Waals surface area contributed by atoms with Gasteiger partial charge in [0.25, 0.3) is 0 Å². The van der Waals surface area contributed by atoms with E-state index in [1.54, 1.807) is 23.9 Å². The minimum absolute atomic E-state index is 0.145. The van der Waals surface area contributed by atoms with E-state index >= 15 is 0 Å². The molecule has 1 amide bonds. The molecule has 1 unspecified atom stereocenters. The molecule has 28 heavy (non-hydrogen) atoms. The molecule has 1 saturated heterocycles. The van der Waals surface area contributed by atoms with Gasteiger partial charge in [-0.15, -0.1) is 0 Å². The lowest BCUT2D eigenvalue weighted by Gasteiger charge is -2.31. The Morgan fingerprint density at radius 1 is 1.18 bits per heavy atom. The van der Waals surface area contributed by atoms with Crippen molar-refractivity contribution < 1.29 is 13.2 Å².